The fraction of sp³-hybridized carbons (Fsp3) is 0.600. The van der Waals surface area contributed by atoms with E-state index in [0.717, 1.165) is 13.1 Å². The molecule has 0 radical (unpaired) electrons. The van der Waals surface area contributed by atoms with Gasteiger partial charge in [0.2, 0.25) is 5.88 Å². The fourth-order valence-electron chi connectivity index (χ4n) is 1.98. The summed E-state index contributed by atoms with van der Waals surface area (Å²) in [6.45, 7) is 4.08. The van der Waals surface area contributed by atoms with Gasteiger partial charge in [-0.1, -0.05) is 0 Å². The minimum Gasteiger partial charge on any atom is -0.493 e. The van der Waals surface area contributed by atoms with Crippen LogP contribution in [0.2, 0.25) is 0 Å². The summed E-state index contributed by atoms with van der Waals surface area (Å²) >= 11 is 0. The summed E-state index contributed by atoms with van der Waals surface area (Å²) in [6, 6.07) is -0.157. The van der Waals surface area contributed by atoms with Crippen molar-refractivity contribution < 1.29 is 5.11 Å². The lowest BCUT2D eigenvalue weighted by atomic mass is 10.1. The number of aromatic amines is 1. The standard InChI is InChI=1S/C10H16N4O2/c1-6-12-9(15)8(10(16)13-6)7-5-14(2)4-3-11-7/h7,11H,3-5H2,1-2H3,(H2,12,13,15,16). The second-order valence-corrected chi connectivity index (χ2v) is 4.16. The Kier molecular flexibility index (Phi) is 2.93. The maximum atomic E-state index is 11.8. The summed E-state index contributed by atoms with van der Waals surface area (Å²) in [5.74, 6) is 0.254. The number of piperazine rings is 1. The number of nitrogens with zero attached hydrogens (tertiary/aromatic N) is 2. The molecule has 3 N–H and O–H groups in total. The molecule has 1 aliphatic rings. The van der Waals surface area contributed by atoms with Gasteiger partial charge < -0.3 is 20.3 Å². The molecule has 2 rings (SSSR count). The number of aromatic hydroxyl groups is 1. The number of hydrogen-bond donors (Lipinski definition) is 3. The summed E-state index contributed by atoms with van der Waals surface area (Å²) in [5, 5.41) is 12.9. The van der Waals surface area contributed by atoms with Crippen LogP contribution < -0.4 is 10.9 Å². The first-order valence-corrected chi connectivity index (χ1v) is 5.29. The summed E-state index contributed by atoms with van der Waals surface area (Å²) in [5.41, 5.74) is 0.0648. The van der Waals surface area contributed by atoms with Gasteiger partial charge in [-0.2, -0.15) is 0 Å². The Morgan fingerprint density at radius 2 is 2.31 bits per heavy atom. The van der Waals surface area contributed by atoms with E-state index in [9.17, 15) is 9.90 Å². The monoisotopic (exact) mass is 224 g/mol. The van der Waals surface area contributed by atoms with Crippen molar-refractivity contribution in [3.63, 3.8) is 0 Å². The maximum Gasteiger partial charge on any atom is 0.259 e. The number of aryl methyl sites for hydroxylation is 1. The van der Waals surface area contributed by atoms with Gasteiger partial charge in [0.15, 0.2) is 0 Å². The molecule has 0 saturated carbocycles. The molecule has 0 spiro atoms. The highest BCUT2D eigenvalue weighted by Gasteiger charge is 2.24. The molecule has 1 atom stereocenters. The number of aromatic nitrogens is 2. The predicted molar refractivity (Wildman–Crippen MR) is 59.5 cm³/mol. The van der Waals surface area contributed by atoms with Gasteiger partial charge in [0.25, 0.3) is 5.56 Å². The minimum atomic E-state index is -0.266. The fourth-order valence-corrected chi connectivity index (χ4v) is 1.98. The van der Waals surface area contributed by atoms with Gasteiger partial charge in [0.05, 0.1) is 11.6 Å². The van der Waals surface area contributed by atoms with E-state index in [2.05, 4.69) is 20.2 Å². The first kappa shape index (κ1) is 11.1. The highest BCUT2D eigenvalue weighted by molar-refractivity contribution is 5.26. The van der Waals surface area contributed by atoms with Crippen molar-refractivity contribution in [3.05, 3.63) is 21.7 Å². The predicted octanol–water partition coefficient (Wildman–Crippen LogP) is -0.640. The molecule has 6 nitrogen and oxygen atoms in total. The SMILES string of the molecule is Cc1nc(O)c(C2CN(C)CCN2)c(=O)[nH]1. The largest absolute Gasteiger partial charge is 0.493 e. The third-order valence-electron chi connectivity index (χ3n) is 2.78. The first-order valence-electron chi connectivity index (χ1n) is 5.29. The van der Waals surface area contributed by atoms with Crippen LogP contribution in [0.1, 0.15) is 17.4 Å². The third kappa shape index (κ3) is 2.07. The smallest absolute Gasteiger partial charge is 0.259 e. The second kappa shape index (κ2) is 4.23. The molecular formula is C10H16N4O2. The van der Waals surface area contributed by atoms with Crippen molar-refractivity contribution in [2.45, 2.75) is 13.0 Å². The van der Waals surface area contributed by atoms with Gasteiger partial charge in [-0.15, -0.1) is 0 Å². The van der Waals surface area contributed by atoms with Crippen LogP contribution in [0.3, 0.4) is 0 Å². The Bertz CT molecular complexity index is 443. The van der Waals surface area contributed by atoms with Crippen LogP contribution in [0.5, 0.6) is 5.88 Å². The van der Waals surface area contributed by atoms with Crippen LogP contribution in [-0.4, -0.2) is 46.7 Å². The van der Waals surface area contributed by atoms with Crippen molar-refractivity contribution in [1.82, 2.24) is 20.2 Å². The van der Waals surface area contributed by atoms with Crippen LogP contribution in [0.15, 0.2) is 4.79 Å². The van der Waals surface area contributed by atoms with Crippen molar-refractivity contribution >= 4 is 0 Å². The maximum absolute atomic E-state index is 11.8. The lowest BCUT2D eigenvalue weighted by Crippen LogP contribution is -2.45. The Balaban J connectivity index is 2.36. The first-order chi connectivity index (χ1) is 7.58. The number of hydrogen-bond acceptors (Lipinski definition) is 5. The van der Waals surface area contributed by atoms with E-state index in [-0.39, 0.29) is 17.5 Å². The van der Waals surface area contributed by atoms with Gasteiger partial charge in [0, 0.05) is 19.6 Å². The van der Waals surface area contributed by atoms with Crippen LogP contribution in [0.25, 0.3) is 0 Å². The van der Waals surface area contributed by atoms with Crippen LogP contribution in [0.4, 0.5) is 0 Å². The van der Waals surface area contributed by atoms with Gasteiger partial charge in [-0.05, 0) is 14.0 Å². The molecule has 1 saturated heterocycles. The third-order valence-corrected chi connectivity index (χ3v) is 2.78. The molecule has 0 aliphatic carbocycles. The molecule has 6 heteroatoms. The summed E-state index contributed by atoms with van der Waals surface area (Å²) < 4.78 is 0. The summed E-state index contributed by atoms with van der Waals surface area (Å²) in [7, 11) is 1.99. The van der Waals surface area contributed by atoms with Crippen molar-refractivity contribution in [2.24, 2.45) is 0 Å². The van der Waals surface area contributed by atoms with E-state index in [1.54, 1.807) is 6.92 Å². The molecule has 1 aromatic heterocycles. The van der Waals surface area contributed by atoms with E-state index in [1.807, 2.05) is 7.05 Å². The normalized spacial score (nSPS) is 22.2. The lowest BCUT2D eigenvalue weighted by Gasteiger charge is -2.30. The number of nitrogens with one attached hydrogen (secondary N) is 2. The van der Waals surface area contributed by atoms with Crippen LogP contribution in [0, 0.1) is 6.92 Å². The Hall–Kier alpha value is -1.40. The average Bonchev–Trinajstić information content (AvgIpc) is 2.15. The topological polar surface area (TPSA) is 81.2 Å². The van der Waals surface area contributed by atoms with Gasteiger partial charge in [-0.3, -0.25) is 4.79 Å². The van der Waals surface area contributed by atoms with Crippen molar-refractivity contribution in [2.75, 3.05) is 26.7 Å². The number of H-pyrrole nitrogens is 1. The summed E-state index contributed by atoms with van der Waals surface area (Å²) in [4.78, 5) is 20.3. The Labute approximate surface area is 93.3 Å². The Morgan fingerprint density at radius 1 is 1.56 bits per heavy atom. The van der Waals surface area contributed by atoms with E-state index in [0.29, 0.717) is 17.9 Å². The number of rotatable bonds is 1. The Morgan fingerprint density at radius 3 is 2.94 bits per heavy atom. The van der Waals surface area contributed by atoms with Gasteiger partial charge >= 0.3 is 0 Å². The highest BCUT2D eigenvalue weighted by Crippen LogP contribution is 2.19. The molecular weight excluding hydrogens is 208 g/mol. The van der Waals surface area contributed by atoms with E-state index < -0.39 is 0 Å². The summed E-state index contributed by atoms with van der Waals surface area (Å²) in [6.07, 6.45) is 0. The lowest BCUT2D eigenvalue weighted by molar-refractivity contribution is 0.236. The van der Waals surface area contributed by atoms with Gasteiger partial charge in [0.1, 0.15) is 5.82 Å². The quantitative estimate of drug-likeness (QED) is 0.591. The van der Waals surface area contributed by atoms with E-state index in [1.165, 1.54) is 0 Å². The molecule has 0 amide bonds. The van der Waals surface area contributed by atoms with Crippen LogP contribution in [-0.2, 0) is 0 Å². The second-order valence-electron chi connectivity index (χ2n) is 4.16. The molecule has 16 heavy (non-hydrogen) atoms. The van der Waals surface area contributed by atoms with Crippen molar-refractivity contribution in [3.8, 4) is 5.88 Å². The van der Waals surface area contributed by atoms with Gasteiger partial charge in [-0.25, -0.2) is 4.98 Å². The average molecular weight is 224 g/mol. The molecule has 0 aromatic carbocycles. The molecule has 1 aliphatic heterocycles. The van der Waals surface area contributed by atoms with E-state index >= 15 is 0 Å². The molecule has 1 unspecified atom stereocenters. The molecule has 1 aromatic rings. The zero-order chi connectivity index (χ0) is 11.7. The molecule has 2 heterocycles. The molecule has 0 bridgehead atoms. The molecule has 1 fully saturated rings. The van der Waals surface area contributed by atoms with Crippen molar-refractivity contribution in [1.29, 1.82) is 0 Å². The zero-order valence-electron chi connectivity index (χ0n) is 9.45. The minimum absolute atomic E-state index is 0.157. The zero-order valence-corrected chi connectivity index (χ0v) is 9.45. The highest BCUT2D eigenvalue weighted by atomic mass is 16.3. The van der Waals surface area contributed by atoms with E-state index in [4.69, 9.17) is 0 Å². The number of likely N-dealkylation sites (N-methyl/N-ethyl adjacent to an activating group) is 1. The molecule has 88 valence electrons. The van der Waals surface area contributed by atoms with Crippen LogP contribution >= 0.6 is 0 Å².